The maximum absolute atomic E-state index is 12.5. The van der Waals surface area contributed by atoms with Gasteiger partial charge in [-0.05, 0) is 49.6 Å². The third kappa shape index (κ3) is 10.7. The third-order valence-corrected chi connectivity index (χ3v) is 7.24. The quantitative estimate of drug-likeness (QED) is 0.176. The van der Waals surface area contributed by atoms with E-state index in [4.69, 9.17) is 4.18 Å². The molecule has 0 aliphatic carbocycles. The first kappa shape index (κ1) is 26.4. The van der Waals surface area contributed by atoms with Gasteiger partial charge in [0.2, 0.25) is 0 Å². The van der Waals surface area contributed by atoms with Gasteiger partial charge in [0.15, 0.2) is 0 Å². The summed E-state index contributed by atoms with van der Waals surface area (Å²) in [6.07, 6.45) is 18.4. The van der Waals surface area contributed by atoms with Gasteiger partial charge in [0.05, 0.1) is 0 Å². The first-order valence-electron chi connectivity index (χ1n) is 12.6. The summed E-state index contributed by atoms with van der Waals surface area (Å²) < 4.78 is 30.3. The van der Waals surface area contributed by atoms with Gasteiger partial charge in [-0.25, -0.2) is 0 Å². The summed E-state index contributed by atoms with van der Waals surface area (Å²) in [5, 5.41) is 0. The minimum Gasteiger partial charge on any atom is -0.379 e. The minimum atomic E-state index is -3.80. The Kier molecular flexibility index (Phi) is 12.5. The zero-order valence-corrected chi connectivity index (χ0v) is 21.0. The van der Waals surface area contributed by atoms with Crippen molar-refractivity contribution in [3.05, 3.63) is 59.7 Å². The van der Waals surface area contributed by atoms with E-state index < -0.39 is 10.1 Å². The van der Waals surface area contributed by atoms with E-state index in [0.29, 0.717) is 5.75 Å². The summed E-state index contributed by atoms with van der Waals surface area (Å²) in [6.45, 7) is 4.20. The molecule has 0 unspecified atom stereocenters. The smallest absolute Gasteiger partial charge is 0.339 e. The second kappa shape index (κ2) is 15.1. The molecule has 0 aliphatic heterocycles. The lowest BCUT2D eigenvalue weighted by molar-refractivity contribution is 0.485. The van der Waals surface area contributed by atoms with Crippen molar-refractivity contribution in [2.75, 3.05) is 0 Å². The third-order valence-electron chi connectivity index (χ3n) is 5.98. The molecule has 0 radical (unpaired) electrons. The van der Waals surface area contributed by atoms with Crippen molar-refractivity contribution in [2.24, 2.45) is 0 Å². The largest absolute Gasteiger partial charge is 0.379 e. The van der Waals surface area contributed by atoms with Gasteiger partial charge in [-0.1, -0.05) is 114 Å². The van der Waals surface area contributed by atoms with E-state index in [0.717, 1.165) is 24.0 Å². The molecule has 2 aromatic rings. The summed E-state index contributed by atoms with van der Waals surface area (Å²) in [6, 6.07) is 14.2. The minimum absolute atomic E-state index is 0.185. The Hall–Kier alpha value is -1.81. The number of hydrogen-bond acceptors (Lipinski definition) is 3. The predicted molar refractivity (Wildman–Crippen MR) is 135 cm³/mol. The molecule has 0 aliphatic rings. The molecule has 0 N–H and O–H groups in total. The van der Waals surface area contributed by atoms with Crippen LogP contribution in [0.25, 0.3) is 0 Å². The normalized spacial score (nSPS) is 11.6. The fourth-order valence-corrected chi connectivity index (χ4v) is 4.90. The maximum atomic E-state index is 12.5. The topological polar surface area (TPSA) is 43.4 Å². The van der Waals surface area contributed by atoms with Gasteiger partial charge in [-0.2, -0.15) is 8.42 Å². The zero-order valence-electron chi connectivity index (χ0n) is 20.2. The van der Waals surface area contributed by atoms with E-state index in [9.17, 15) is 8.42 Å². The van der Waals surface area contributed by atoms with Crippen LogP contribution in [0.3, 0.4) is 0 Å². The van der Waals surface area contributed by atoms with Gasteiger partial charge in [0.1, 0.15) is 10.6 Å². The van der Waals surface area contributed by atoms with E-state index >= 15 is 0 Å². The van der Waals surface area contributed by atoms with E-state index in [-0.39, 0.29) is 4.90 Å². The highest BCUT2D eigenvalue weighted by Gasteiger charge is 2.16. The van der Waals surface area contributed by atoms with Crippen LogP contribution in [0.1, 0.15) is 102 Å². The SMILES string of the molecule is CCCCCCCCCCCCCCCc1cccc(OS(=O)(=O)c2ccc(C)cc2)c1. The van der Waals surface area contributed by atoms with Crippen LogP contribution in [0, 0.1) is 6.92 Å². The van der Waals surface area contributed by atoms with Crippen molar-refractivity contribution in [1.82, 2.24) is 0 Å². The molecule has 0 heterocycles. The Morgan fingerprint density at radius 1 is 0.688 bits per heavy atom. The van der Waals surface area contributed by atoms with Gasteiger partial charge in [0, 0.05) is 0 Å². The molecule has 178 valence electrons. The van der Waals surface area contributed by atoms with Crippen molar-refractivity contribution in [3.63, 3.8) is 0 Å². The Labute approximate surface area is 196 Å². The summed E-state index contributed by atoms with van der Waals surface area (Å²) in [5.41, 5.74) is 2.15. The number of unbranched alkanes of at least 4 members (excludes halogenated alkanes) is 12. The molecule has 0 bridgehead atoms. The monoisotopic (exact) mass is 458 g/mol. The van der Waals surface area contributed by atoms with Crippen LogP contribution >= 0.6 is 0 Å². The molecule has 0 aromatic heterocycles. The Morgan fingerprint density at radius 2 is 1.22 bits per heavy atom. The van der Waals surface area contributed by atoms with E-state index in [1.807, 2.05) is 25.1 Å². The lowest BCUT2D eigenvalue weighted by Gasteiger charge is -2.09. The maximum Gasteiger partial charge on any atom is 0.339 e. The molecule has 2 aromatic carbocycles. The second-order valence-corrected chi connectivity index (χ2v) is 10.5. The highest BCUT2D eigenvalue weighted by atomic mass is 32.2. The number of rotatable bonds is 17. The summed E-state index contributed by atoms with van der Waals surface area (Å²) in [7, 11) is -3.80. The van der Waals surface area contributed by atoms with E-state index in [1.165, 1.54) is 77.0 Å². The van der Waals surface area contributed by atoms with Gasteiger partial charge >= 0.3 is 10.1 Å². The van der Waals surface area contributed by atoms with E-state index in [2.05, 4.69) is 6.92 Å². The standard InChI is InChI=1S/C28H42O3S/c1-3-4-5-6-7-8-9-10-11-12-13-14-15-17-26-18-16-19-27(24-26)31-32(29,30)28-22-20-25(2)21-23-28/h16,18-24H,3-15,17H2,1-2H3. The molecule has 0 amide bonds. The molecule has 3 nitrogen and oxygen atoms in total. The average molecular weight is 459 g/mol. The average Bonchev–Trinajstić information content (AvgIpc) is 2.77. The molecule has 0 fully saturated rings. The highest BCUT2D eigenvalue weighted by Crippen LogP contribution is 2.21. The van der Waals surface area contributed by atoms with Gasteiger partial charge < -0.3 is 4.18 Å². The summed E-state index contributed by atoms with van der Waals surface area (Å²) >= 11 is 0. The number of hydrogen-bond donors (Lipinski definition) is 0. The second-order valence-electron chi connectivity index (χ2n) is 8.99. The Morgan fingerprint density at radius 3 is 1.78 bits per heavy atom. The first-order valence-corrected chi connectivity index (χ1v) is 14.0. The number of aryl methyl sites for hydroxylation is 2. The lowest BCUT2D eigenvalue weighted by atomic mass is 10.0. The van der Waals surface area contributed by atoms with Crippen LogP contribution in [0.5, 0.6) is 5.75 Å². The lowest BCUT2D eigenvalue weighted by Crippen LogP contribution is -2.09. The number of benzene rings is 2. The van der Waals surface area contributed by atoms with Crippen molar-refractivity contribution in [2.45, 2.75) is 109 Å². The van der Waals surface area contributed by atoms with Crippen LogP contribution in [0.4, 0.5) is 0 Å². The molecule has 0 saturated carbocycles. The molecule has 2 rings (SSSR count). The van der Waals surface area contributed by atoms with Crippen LogP contribution in [-0.2, 0) is 16.5 Å². The molecule has 0 atom stereocenters. The van der Waals surface area contributed by atoms with Crippen LogP contribution in [0.2, 0.25) is 0 Å². The van der Waals surface area contributed by atoms with Crippen LogP contribution < -0.4 is 4.18 Å². The first-order chi connectivity index (χ1) is 15.5. The van der Waals surface area contributed by atoms with Crippen LogP contribution in [0.15, 0.2) is 53.4 Å². The fraction of sp³-hybridized carbons (Fsp3) is 0.571. The Bertz CT molecular complexity index is 857. The van der Waals surface area contributed by atoms with Crippen molar-refractivity contribution in [1.29, 1.82) is 0 Å². The van der Waals surface area contributed by atoms with Crippen molar-refractivity contribution in [3.8, 4) is 5.75 Å². The molecule has 32 heavy (non-hydrogen) atoms. The van der Waals surface area contributed by atoms with Gasteiger partial charge in [0.25, 0.3) is 0 Å². The van der Waals surface area contributed by atoms with Crippen molar-refractivity contribution >= 4 is 10.1 Å². The van der Waals surface area contributed by atoms with Crippen LogP contribution in [-0.4, -0.2) is 8.42 Å². The van der Waals surface area contributed by atoms with Crippen molar-refractivity contribution < 1.29 is 12.6 Å². The predicted octanol–water partition coefficient (Wildman–Crippen LogP) is 8.40. The van der Waals surface area contributed by atoms with E-state index in [1.54, 1.807) is 30.3 Å². The Balaban J connectivity index is 1.60. The summed E-state index contributed by atoms with van der Waals surface area (Å²) in [4.78, 5) is 0.185. The highest BCUT2D eigenvalue weighted by molar-refractivity contribution is 7.87. The molecule has 4 heteroatoms. The zero-order chi connectivity index (χ0) is 23.1. The molecule has 0 saturated heterocycles. The van der Waals surface area contributed by atoms with Gasteiger partial charge in [-0.3, -0.25) is 0 Å². The van der Waals surface area contributed by atoms with Gasteiger partial charge in [-0.15, -0.1) is 0 Å². The molecule has 0 spiro atoms. The fourth-order valence-electron chi connectivity index (χ4n) is 3.98. The summed E-state index contributed by atoms with van der Waals surface area (Å²) in [5.74, 6) is 0.387. The molecular formula is C28H42O3S. The molecular weight excluding hydrogens is 416 g/mol.